The Morgan fingerprint density at radius 2 is 2.21 bits per heavy atom. The highest BCUT2D eigenvalue weighted by Crippen LogP contribution is 2.23. The monoisotopic (exact) mass is 208 g/mol. The Kier molecular flexibility index (Phi) is 2.17. The average Bonchev–Trinajstić information content (AvgIpc) is 2.42. The van der Waals surface area contributed by atoms with Gasteiger partial charge in [0.15, 0.2) is 5.22 Å². The van der Waals surface area contributed by atoms with E-state index in [2.05, 4.69) is 0 Å². The maximum Gasteiger partial charge on any atom is 0.194 e. The Morgan fingerprint density at radius 1 is 1.43 bits per heavy atom. The summed E-state index contributed by atoms with van der Waals surface area (Å²) < 4.78 is 5.24. The summed E-state index contributed by atoms with van der Waals surface area (Å²) in [5.74, 6) is 0.141. The van der Waals surface area contributed by atoms with Crippen LogP contribution in [0.4, 0.5) is 0 Å². The van der Waals surface area contributed by atoms with E-state index in [-0.39, 0.29) is 5.84 Å². The van der Waals surface area contributed by atoms with Crippen LogP contribution in [-0.2, 0) is 6.42 Å². The maximum atomic E-state index is 7.17. The van der Waals surface area contributed by atoms with Crippen LogP contribution in [0.5, 0.6) is 0 Å². The first-order valence-electron chi connectivity index (χ1n) is 4.16. The van der Waals surface area contributed by atoms with Gasteiger partial charge in [-0.05, 0) is 23.2 Å². The second-order valence-electron chi connectivity index (χ2n) is 3.12. The van der Waals surface area contributed by atoms with Gasteiger partial charge in [0.2, 0.25) is 0 Å². The van der Waals surface area contributed by atoms with Crippen LogP contribution in [0.2, 0.25) is 5.22 Å². The van der Waals surface area contributed by atoms with Crippen molar-refractivity contribution in [1.82, 2.24) is 0 Å². The zero-order valence-electron chi connectivity index (χ0n) is 7.38. The van der Waals surface area contributed by atoms with Crippen molar-refractivity contribution in [3.8, 4) is 0 Å². The largest absolute Gasteiger partial charge is 0.445 e. The van der Waals surface area contributed by atoms with Gasteiger partial charge in [-0.2, -0.15) is 0 Å². The van der Waals surface area contributed by atoms with Crippen molar-refractivity contribution in [1.29, 1.82) is 5.41 Å². The van der Waals surface area contributed by atoms with E-state index in [4.69, 9.17) is 27.2 Å². The highest BCUT2D eigenvalue weighted by Gasteiger charge is 2.03. The standard InChI is InChI=1S/C10H9ClN2O/c11-9-5-7-2-1-6(4-10(12)13)3-8(7)14-9/h1-3,5H,4H2,(H3,12,13). The Balaban J connectivity index is 2.45. The van der Waals surface area contributed by atoms with E-state index in [0.29, 0.717) is 11.6 Å². The summed E-state index contributed by atoms with van der Waals surface area (Å²) in [6.07, 6.45) is 0.439. The Morgan fingerprint density at radius 3 is 2.93 bits per heavy atom. The molecule has 14 heavy (non-hydrogen) atoms. The lowest BCUT2D eigenvalue weighted by Gasteiger charge is -1.98. The van der Waals surface area contributed by atoms with Crippen molar-refractivity contribution < 1.29 is 4.42 Å². The lowest BCUT2D eigenvalue weighted by molar-refractivity contribution is 0.617. The number of furan rings is 1. The maximum absolute atomic E-state index is 7.17. The average molecular weight is 209 g/mol. The first-order chi connectivity index (χ1) is 6.65. The fourth-order valence-corrected chi connectivity index (χ4v) is 1.57. The first kappa shape index (κ1) is 9.09. The fourth-order valence-electron chi connectivity index (χ4n) is 1.37. The van der Waals surface area contributed by atoms with Crippen molar-refractivity contribution >= 4 is 28.4 Å². The third-order valence-corrected chi connectivity index (χ3v) is 2.14. The molecule has 1 heterocycles. The smallest absolute Gasteiger partial charge is 0.194 e. The molecular formula is C10H9ClN2O. The number of rotatable bonds is 2. The molecule has 0 fully saturated rings. The molecule has 0 atom stereocenters. The van der Waals surface area contributed by atoms with Crippen LogP contribution in [0.25, 0.3) is 11.0 Å². The zero-order chi connectivity index (χ0) is 10.1. The van der Waals surface area contributed by atoms with E-state index >= 15 is 0 Å². The molecule has 1 aromatic heterocycles. The lowest BCUT2D eigenvalue weighted by Crippen LogP contribution is -2.12. The van der Waals surface area contributed by atoms with Crippen molar-refractivity contribution in [2.45, 2.75) is 6.42 Å². The molecule has 2 aromatic rings. The lowest BCUT2D eigenvalue weighted by atomic mass is 10.1. The summed E-state index contributed by atoms with van der Waals surface area (Å²) in [4.78, 5) is 0. The van der Waals surface area contributed by atoms with E-state index in [0.717, 1.165) is 16.5 Å². The third kappa shape index (κ3) is 1.72. The minimum Gasteiger partial charge on any atom is -0.445 e. The molecule has 1 aromatic carbocycles. The van der Waals surface area contributed by atoms with E-state index < -0.39 is 0 Å². The summed E-state index contributed by atoms with van der Waals surface area (Å²) in [6, 6.07) is 7.43. The molecule has 3 N–H and O–H groups in total. The van der Waals surface area contributed by atoms with E-state index in [1.54, 1.807) is 6.07 Å². The summed E-state index contributed by atoms with van der Waals surface area (Å²) in [7, 11) is 0. The minimum absolute atomic E-state index is 0.141. The van der Waals surface area contributed by atoms with Gasteiger partial charge < -0.3 is 10.2 Å². The Bertz CT molecular complexity index is 490. The molecule has 0 saturated heterocycles. The second kappa shape index (κ2) is 3.35. The van der Waals surface area contributed by atoms with Crippen molar-refractivity contribution in [2.75, 3.05) is 0 Å². The summed E-state index contributed by atoms with van der Waals surface area (Å²) >= 11 is 5.71. The molecule has 0 aliphatic rings. The Hall–Kier alpha value is -1.48. The normalized spacial score (nSPS) is 10.6. The van der Waals surface area contributed by atoms with Gasteiger partial charge in [0, 0.05) is 17.9 Å². The minimum atomic E-state index is 0.141. The molecule has 3 nitrogen and oxygen atoms in total. The highest BCUT2D eigenvalue weighted by atomic mass is 35.5. The van der Waals surface area contributed by atoms with E-state index in [9.17, 15) is 0 Å². The number of halogens is 1. The van der Waals surface area contributed by atoms with Crippen molar-refractivity contribution in [3.05, 3.63) is 35.0 Å². The van der Waals surface area contributed by atoms with Gasteiger partial charge in [-0.25, -0.2) is 0 Å². The molecule has 0 bridgehead atoms. The van der Waals surface area contributed by atoms with Gasteiger partial charge in [0.05, 0.1) is 5.84 Å². The van der Waals surface area contributed by atoms with E-state index in [1.807, 2.05) is 18.2 Å². The summed E-state index contributed by atoms with van der Waals surface area (Å²) in [5, 5.41) is 8.50. The van der Waals surface area contributed by atoms with Crippen molar-refractivity contribution in [2.24, 2.45) is 5.73 Å². The molecule has 2 rings (SSSR count). The molecule has 0 radical (unpaired) electrons. The number of fused-ring (bicyclic) bond motifs is 1. The molecule has 0 unspecified atom stereocenters. The van der Waals surface area contributed by atoms with Gasteiger partial charge in [-0.3, -0.25) is 5.41 Å². The number of hydrogen-bond acceptors (Lipinski definition) is 2. The number of nitrogens with one attached hydrogen (secondary N) is 1. The Labute approximate surface area is 86.0 Å². The number of nitrogens with two attached hydrogens (primary N) is 1. The first-order valence-corrected chi connectivity index (χ1v) is 4.54. The van der Waals surface area contributed by atoms with Gasteiger partial charge in [-0.1, -0.05) is 12.1 Å². The van der Waals surface area contributed by atoms with Crippen LogP contribution in [0.3, 0.4) is 0 Å². The molecule has 0 aliphatic carbocycles. The quantitative estimate of drug-likeness (QED) is 0.589. The zero-order valence-corrected chi connectivity index (χ0v) is 8.14. The van der Waals surface area contributed by atoms with Crippen LogP contribution < -0.4 is 5.73 Å². The molecule has 72 valence electrons. The van der Waals surface area contributed by atoms with Crippen LogP contribution in [0.15, 0.2) is 28.7 Å². The van der Waals surface area contributed by atoms with Crippen LogP contribution in [-0.4, -0.2) is 5.84 Å². The molecule has 0 amide bonds. The topological polar surface area (TPSA) is 63.0 Å². The summed E-state index contributed by atoms with van der Waals surface area (Å²) in [6.45, 7) is 0. The van der Waals surface area contributed by atoms with Gasteiger partial charge in [0.1, 0.15) is 5.58 Å². The molecule has 4 heteroatoms. The predicted molar refractivity (Wildman–Crippen MR) is 56.8 cm³/mol. The number of benzene rings is 1. The fraction of sp³-hybridized carbons (Fsp3) is 0.100. The van der Waals surface area contributed by atoms with Gasteiger partial charge in [-0.15, -0.1) is 0 Å². The van der Waals surface area contributed by atoms with Crippen LogP contribution >= 0.6 is 11.6 Å². The predicted octanol–water partition coefficient (Wildman–Crippen LogP) is 2.56. The molecule has 0 saturated carbocycles. The number of amidine groups is 1. The molecule has 0 spiro atoms. The summed E-state index contributed by atoms with van der Waals surface area (Å²) in [5.41, 5.74) is 6.99. The van der Waals surface area contributed by atoms with Gasteiger partial charge >= 0.3 is 0 Å². The highest BCUT2D eigenvalue weighted by molar-refractivity contribution is 6.29. The van der Waals surface area contributed by atoms with Crippen molar-refractivity contribution in [3.63, 3.8) is 0 Å². The van der Waals surface area contributed by atoms with Crippen LogP contribution in [0.1, 0.15) is 5.56 Å². The van der Waals surface area contributed by atoms with Crippen LogP contribution in [0, 0.1) is 5.41 Å². The molecular weight excluding hydrogens is 200 g/mol. The van der Waals surface area contributed by atoms with E-state index in [1.165, 1.54) is 0 Å². The third-order valence-electron chi connectivity index (χ3n) is 1.95. The number of hydrogen-bond donors (Lipinski definition) is 2. The SMILES string of the molecule is N=C(N)Cc1ccc2cc(Cl)oc2c1. The second-order valence-corrected chi connectivity index (χ2v) is 3.50. The molecule has 0 aliphatic heterocycles. The van der Waals surface area contributed by atoms with Gasteiger partial charge in [0.25, 0.3) is 0 Å².